The van der Waals surface area contributed by atoms with E-state index >= 15 is 0 Å². The molecule has 0 bridgehead atoms. The molecular formula is C19H22Cl2N2S. The van der Waals surface area contributed by atoms with Crippen LogP contribution in [0.4, 0.5) is 5.69 Å². The van der Waals surface area contributed by atoms with Crippen LogP contribution in [0.25, 0.3) is 0 Å². The van der Waals surface area contributed by atoms with Crippen LogP contribution < -0.4 is 10.6 Å². The number of hydrogen-bond donors (Lipinski definition) is 2. The molecule has 0 aromatic heterocycles. The Balaban J connectivity index is 2.06. The summed E-state index contributed by atoms with van der Waals surface area (Å²) >= 11 is 17.6. The quantitative estimate of drug-likeness (QED) is 0.574. The minimum absolute atomic E-state index is 0.143. The zero-order valence-electron chi connectivity index (χ0n) is 14.1. The first kappa shape index (κ1) is 19.0. The first-order valence-electron chi connectivity index (χ1n) is 8.03. The second-order valence-corrected chi connectivity index (χ2v) is 7.18. The molecule has 1 atom stereocenters. The Morgan fingerprint density at radius 1 is 1.04 bits per heavy atom. The Morgan fingerprint density at radius 3 is 2.25 bits per heavy atom. The van der Waals surface area contributed by atoms with Crippen LogP contribution >= 0.6 is 35.4 Å². The second kappa shape index (κ2) is 8.70. The lowest BCUT2D eigenvalue weighted by atomic mass is 9.98. The minimum Gasteiger partial charge on any atom is -0.356 e. The van der Waals surface area contributed by atoms with Crippen LogP contribution in [-0.4, -0.2) is 5.11 Å². The van der Waals surface area contributed by atoms with Gasteiger partial charge in [-0.25, -0.2) is 0 Å². The molecule has 0 aliphatic rings. The number of halogens is 2. The van der Waals surface area contributed by atoms with E-state index in [0.717, 1.165) is 6.42 Å². The van der Waals surface area contributed by atoms with Gasteiger partial charge in [-0.3, -0.25) is 0 Å². The molecule has 0 heterocycles. The van der Waals surface area contributed by atoms with Crippen LogP contribution in [0.3, 0.4) is 0 Å². The third-order valence-electron chi connectivity index (χ3n) is 3.92. The molecule has 24 heavy (non-hydrogen) atoms. The molecule has 2 rings (SSSR count). The number of nitrogens with one attached hydrogen (secondary N) is 2. The molecular weight excluding hydrogens is 359 g/mol. The van der Waals surface area contributed by atoms with Gasteiger partial charge in [-0.1, -0.05) is 74.3 Å². The van der Waals surface area contributed by atoms with Gasteiger partial charge in [-0.2, -0.15) is 0 Å². The molecule has 5 heteroatoms. The normalized spacial score (nSPS) is 12.1. The summed E-state index contributed by atoms with van der Waals surface area (Å²) in [7, 11) is 0. The van der Waals surface area contributed by atoms with E-state index in [-0.39, 0.29) is 6.04 Å². The average Bonchev–Trinajstić information content (AvgIpc) is 2.57. The van der Waals surface area contributed by atoms with E-state index in [1.165, 1.54) is 11.1 Å². The van der Waals surface area contributed by atoms with Gasteiger partial charge < -0.3 is 10.6 Å². The van der Waals surface area contributed by atoms with Crippen molar-refractivity contribution in [1.82, 2.24) is 5.32 Å². The van der Waals surface area contributed by atoms with Gasteiger partial charge in [-0.05, 0) is 47.8 Å². The van der Waals surface area contributed by atoms with Gasteiger partial charge in [0.25, 0.3) is 0 Å². The summed E-state index contributed by atoms with van der Waals surface area (Å²) in [5.41, 5.74) is 3.25. The van der Waals surface area contributed by atoms with Crippen LogP contribution in [0.5, 0.6) is 0 Å². The molecule has 0 amide bonds. The minimum atomic E-state index is 0.143. The van der Waals surface area contributed by atoms with Gasteiger partial charge in [0.1, 0.15) is 0 Å². The maximum Gasteiger partial charge on any atom is 0.171 e. The maximum atomic E-state index is 6.19. The van der Waals surface area contributed by atoms with Gasteiger partial charge in [0.05, 0.1) is 21.8 Å². The molecule has 2 nitrogen and oxygen atoms in total. The SMILES string of the molecule is CCC(NC(=S)Nc1cccc(Cl)c1Cl)c1ccc(C(C)C)cc1. The van der Waals surface area contributed by atoms with Gasteiger partial charge in [0.15, 0.2) is 5.11 Å². The van der Waals surface area contributed by atoms with Crippen molar-refractivity contribution in [3.05, 3.63) is 63.6 Å². The molecule has 0 aliphatic heterocycles. The second-order valence-electron chi connectivity index (χ2n) is 5.98. The summed E-state index contributed by atoms with van der Waals surface area (Å²) in [4.78, 5) is 0. The first-order valence-corrected chi connectivity index (χ1v) is 9.20. The lowest BCUT2D eigenvalue weighted by Gasteiger charge is -2.21. The molecule has 128 valence electrons. The van der Waals surface area contributed by atoms with Crippen LogP contribution in [-0.2, 0) is 0 Å². The first-order chi connectivity index (χ1) is 11.4. The highest BCUT2D eigenvalue weighted by atomic mass is 35.5. The summed E-state index contributed by atoms with van der Waals surface area (Å²) in [6, 6.07) is 14.2. The number of benzene rings is 2. The highest BCUT2D eigenvalue weighted by Crippen LogP contribution is 2.29. The summed E-state index contributed by atoms with van der Waals surface area (Å²) in [5.74, 6) is 0.528. The van der Waals surface area contributed by atoms with Crippen LogP contribution in [0.2, 0.25) is 10.0 Å². The Hall–Kier alpha value is -1.29. The molecule has 0 radical (unpaired) electrons. The van der Waals surface area contributed by atoms with E-state index in [2.05, 4.69) is 55.7 Å². The molecule has 2 aromatic rings. The van der Waals surface area contributed by atoms with E-state index < -0.39 is 0 Å². The standard InChI is InChI=1S/C19H22Cl2N2S/c1-4-16(14-10-8-13(9-11-14)12(2)3)22-19(24)23-17-7-5-6-15(20)18(17)21/h5-12,16H,4H2,1-3H3,(H2,22,23,24). The summed E-state index contributed by atoms with van der Waals surface area (Å²) in [5, 5.41) is 7.96. The Kier molecular flexibility index (Phi) is 6.90. The monoisotopic (exact) mass is 380 g/mol. The van der Waals surface area contributed by atoms with Crippen molar-refractivity contribution >= 4 is 46.2 Å². The Labute approximate surface area is 159 Å². The predicted molar refractivity (Wildman–Crippen MR) is 109 cm³/mol. The van der Waals surface area contributed by atoms with Gasteiger partial charge in [-0.15, -0.1) is 0 Å². The Bertz CT molecular complexity index is 699. The van der Waals surface area contributed by atoms with Crippen molar-refractivity contribution < 1.29 is 0 Å². The molecule has 0 saturated heterocycles. The van der Waals surface area contributed by atoms with Gasteiger partial charge in [0, 0.05) is 0 Å². The van der Waals surface area contributed by atoms with Gasteiger partial charge in [0.2, 0.25) is 0 Å². The van der Waals surface area contributed by atoms with Crippen molar-refractivity contribution in [2.24, 2.45) is 0 Å². The van der Waals surface area contributed by atoms with Crippen molar-refractivity contribution in [1.29, 1.82) is 0 Å². The maximum absolute atomic E-state index is 6.19. The fourth-order valence-corrected chi connectivity index (χ4v) is 3.05. The van der Waals surface area contributed by atoms with Crippen molar-refractivity contribution in [2.75, 3.05) is 5.32 Å². The predicted octanol–water partition coefficient (Wildman–Crippen LogP) is 6.55. The smallest absolute Gasteiger partial charge is 0.171 e. The summed E-state index contributed by atoms with van der Waals surface area (Å²) in [6.07, 6.45) is 0.923. The summed E-state index contributed by atoms with van der Waals surface area (Å²) in [6.45, 7) is 6.51. The highest BCUT2D eigenvalue weighted by molar-refractivity contribution is 7.80. The third kappa shape index (κ3) is 4.85. The van der Waals surface area contributed by atoms with Crippen LogP contribution in [0.15, 0.2) is 42.5 Å². The van der Waals surface area contributed by atoms with E-state index in [0.29, 0.717) is 26.8 Å². The van der Waals surface area contributed by atoms with E-state index in [1.54, 1.807) is 6.07 Å². The van der Waals surface area contributed by atoms with Crippen molar-refractivity contribution in [3.63, 3.8) is 0 Å². The molecule has 0 aliphatic carbocycles. The number of thiocarbonyl (C=S) groups is 1. The third-order valence-corrected chi connectivity index (χ3v) is 4.96. The van der Waals surface area contributed by atoms with Crippen molar-refractivity contribution in [3.8, 4) is 0 Å². The van der Waals surface area contributed by atoms with E-state index in [1.807, 2.05) is 12.1 Å². The average molecular weight is 381 g/mol. The molecule has 0 saturated carbocycles. The highest BCUT2D eigenvalue weighted by Gasteiger charge is 2.12. The topological polar surface area (TPSA) is 24.1 Å². The molecule has 1 unspecified atom stereocenters. The fraction of sp³-hybridized carbons (Fsp3) is 0.316. The zero-order valence-corrected chi connectivity index (χ0v) is 16.4. The molecule has 2 aromatic carbocycles. The molecule has 0 fully saturated rings. The number of hydrogen-bond acceptors (Lipinski definition) is 1. The van der Waals surface area contributed by atoms with Crippen molar-refractivity contribution in [2.45, 2.75) is 39.2 Å². The largest absolute Gasteiger partial charge is 0.356 e. The van der Waals surface area contributed by atoms with E-state index in [9.17, 15) is 0 Å². The number of rotatable bonds is 5. The van der Waals surface area contributed by atoms with Gasteiger partial charge >= 0.3 is 0 Å². The molecule has 2 N–H and O–H groups in total. The lowest BCUT2D eigenvalue weighted by molar-refractivity contribution is 0.628. The number of anilines is 1. The Morgan fingerprint density at radius 2 is 1.67 bits per heavy atom. The van der Waals surface area contributed by atoms with E-state index in [4.69, 9.17) is 35.4 Å². The summed E-state index contributed by atoms with van der Waals surface area (Å²) < 4.78 is 0. The fourth-order valence-electron chi connectivity index (χ4n) is 2.45. The van der Waals surface area contributed by atoms with Crippen LogP contribution in [0, 0.1) is 0 Å². The zero-order chi connectivity index (χ0) is 17.7. The molecule has 0 spiro atoms. The lowest BCUT2D eigenvalue weighted by Crippen LogP contribution is -2.32. The van der Waals surface area contributed by atoms with Crippen LogP contribution in [0.1, 0.15) is 50.3 Å².